The predicted molar refractivity (Wildman–Crippen MR) is 169 cm³/mol. The number of carbonyl (C=O) groups is 1. The molecule has 0 unspecified atom stereocenters. The van der Waals surface area contributed by atoms with Gasteiger partial charge in [0, 0.05) is 16.7 Å². The molecule has 0 aromatic carbocycles. The summed E-state index contributed by atoms with van der Waals surface area (Å²) in [5, 5.41) is 63.2. The molecule has 0 spiro atoms. The minimum absolute atomic E-state index is 0.0550. The minimum Gasteiger partial charge on any atom is -0.394 e. The molecule has 9 nitrogen and oxygen atoms in total. The third kappa shape index (κ3) is 5.51. The highest BCUT2D eigenvalue weighted by atomic mass is 16.7. The largest absolute Gasteiger partial charge is 0.394 e. The maximum Gasteiger partial charge on any atom is 0.187 e. The Morgan fingerprint density at radius 2 is 1.69 bits per heavy atom. The molecule has 0 bridgehead atoms. The second-order valence-electron chi connectivity index (χ2n) is 16.7. The van der Waals surface area contributed by atoms with Crippen molar-refractivity contribution in [2.75, 3.05) is 6.61 Å². The summed E-state index contributed by atoms with van der Waals surface area (Å²) in [7, 11) is 0. The number of aldehydes is 1. The number of allylic oxidation sites excluding steroid dienone is 1. The van der Waals surface area contributed by atoms with Crippen molar-refractivity contribution in [2.45, 2.75) is 142 Å². The summed E-state index contributed by atoms with van der Waals surface area (Å²) in [4.78, 5) is 13.7. The number of hydrogen-bond donors (Lipinski definition) is 6. The molecular formula is C36H58O9. The first-order valence-electron chi connectivity index (χ1n) is 17.1. The molecule has 1 aliphatic heterocycles. The molecule has 1 saturated heterocycles. The van der Waals surface area contributed by atoms with Gasteiger partial charge in [-0.25, -0.2) is 0 Å². The van der Waals surface area contributed by atoms with Crippen molar-refractivity contribution in [1.29, 1.82) is 0 Å². The maximum absolute atomic E-state index is 13.7. The first kappa shape index (κ1) is 35.1. The van der Waals surface area contributed by atoms with Crippen LogP contribution in [0.15, 0.2) is 23.8 Å². The number of aliphatic hydroxyl groups is 6. The molecule has 0 aromatic rings. The van der Waals surface area contributed by atoms with Crippen LogP contribution in [0.4, 0.5) is 0 Å². The zero-order chi connectivity index (χ0) is 33.3. The smallest absolute Gasteiger partial charge is 0.187 e. The van der Waals surface area contributed by atoms with Crippen LogP contribution in [0.5, 0.6) is 0 Å². The zero-order valence-electron chi connectivity index (χ0n) is 28.2. The quantitative estimate of drug-likeness (QED) is 0.174. The van der Waals surface area contributed by atoms with E-state index in [1.165, 1.54) is 6.29 Å². The van der Waals surface area contributed by atoms with Crippen LogP contribution in [-0.2, 0) is 14.3 Å². The van der Waals surface area contributed by atoms with Crippen molar-refractivity contribution in [3.05, 3.63) is 23.8 Å². The lowest BCUT2D eigenvalue weighted by atomic mass is 9.38. The maximum atomic E-state index is 13.7. The van der Waals surface area contributed by atoms with Crippen molar-refractivity contribution >= 4 is 6.29 Å². The molecule has 1 heterocycles. The molecular weight excluding hydrogens is 576 g/mol. The van der Waals surface area contributed by atoms with E-state index in [-0.39, 0.29) is 22.7 Å². The average molecular weight is 635 g/mol. The number of fused-ring (bicyclic) bond motifs is 5. The van der Waals surface area contributed by atoms with Crippen LogP contribution in [0.25, 0.3) is 0 Å². The van der Waals surface area contributed by atoms with Crippen molar-refractivity contribution in [1.82, 2.24) is 0 Å². The molecule has 14 atom stereocenters. The van der Waals surface area contributed by atoms with Gasteiger partial charge in [0.05, 0.1) is 24.4 Å². The number of hydrogen-bond acceptors (Lipinski definition) is 9. The van der Waals surface area contributed by atoms with Gasteiger partial charge in [0.1, 0.15) is 30.7 Å². The molecule has 0 amide bonds. The molecule has 6 N–H and O–H groups in total. The summed E-state index contributed by atoms with van der Waals surface area (Å²) >= 11 is 0. The van der Waals surface area contributed by atoms with E-state index in [0.29, 0.717) is 31.1 Å². The lowest BCUT2D eigenvalue weighted by molar-refractivity contribution is -0.321. The van der Waals surface area contributed by atoms with E-state index in [1.54, 1.807) is 13.8 Å². The van der Waals surface area contributed by atoms with Gasteiger partial charge in [0.2, 0.25) is 0 Å². The molecule has 0 radical (unpaired) electrons. The van der Waals surface area contributed by atoms with Gasteiger partial charge >= 0.3 is 0 Å². The Morgan fingerprint density at radius 3 is 2.31 bits per heavy atom. The van der Waals surface area contributed by atoms with E-state index in [0.717, 1.165) is 31.3 Å². The summed E-state index contributed by atoms with van der Waals surface area (Å²) in [6.07, 6.45) is 4.43. The molecule has 45 heavy (non-hydrogen) atoms. The molecule has 4 aliphatic carbocycles. The Morgan fingerprint density at radius 1 is 1.00 bits per heavy atom. The van der Waals surface area contributed by atoms with E-state index in [4.69, 9.17) is 9.47 Å². The highest BCUT2D eigenvalue weighted by molar-refractivity contribution is 5.65. The van der Waals surface area contributed by atoms with Crippen molar-refractivity contribution in [3.8, 4) is 0 Å². The molecule has 0 aromatic heterocycles. The van der Waals surface area contributed by atoms with E-state index in [9.17, 15) is 35.4 Å². The van der Waals surface area contributed by atoms with Gasteiger partial charge in [0.15, 0.2) is 6.29 Å². The number of carbonyl (C=O) groups excluding carboxylic acids is 1. The van der Waals surface area contributed by atoms with Gasteiger partial charge in [0.25, 0.3) is 0 Å². The summed E-state index contributed by atoms with van der Waals surface area (Å²) in [6, 6.07) is 0. The second kappa shape index (κ2) is 12.1. The van der Waals surface area contributed by atoms with Crippen molar-refractivity contribution < 1.29 is 44.9 Å². The van der Waals surface area contributed by atoms with Gasteiger partial charge < -0.3 is 44.9 Å². The van der Waals surface area contributed by atoms with Crippen molar-refractivity contribution in [2.24, 2.45) is 45.3 Å². The summed E-state index contributed by atoms with van der Waals surface area (Å²) in [6.45, 7) is 14.0. The first-order chi connectivity index (χ1) is 20.9. The third-order valence-electron chi connectivity index (χ3n) is 13.5. The van der Waals surface area contributed by atoms with Crippen LogP contribution < -0.4 is 0 Å². The second-order valence-corrected chi connectivity index (χ2v) is 16.7. The van der Waals surface area contributed by atoms with Gasteiger partial charge in [-0.05, 0) is 87.4 Å². The molecule has 3 saturated carbocycles. The monoisotopic (exact) mass is 634 g/mol. The van der Waals surface area contributed by atoms with E-state index in [1.807, 2.05) is 19.9 Å². The summed E-state index contributed by atoms with van der Waals surface area (Å²) in [5.41, 5.74) is -1.68. The van der Waals surface area contributed by atoms with E-state index in [2.05, 4.69) is 32.9 Å². The predicted octanol–water partition coefficient (Wildman–Crippen LogP) is 3.28. The van der Waals surface area contributed by atoms with Crippen LogP contribution in [0.2, 0.25) is 0 Å². The SMILES string of the molecule is C[C@H](C/C=C/C(C)(C)O)[C@H]1CC[C@@]2(C)[C@@H]3[C@@H](O[C@@H]4O[C@H](CO)[C@@H](O)[C@H](O)[C@H]4O)C=C4[C@H](CC[C@H](O)C4(C)C)[C@]3(C=O)CC[C@]12C. The fourth-order valence-corrected chi connectivity index (χ4v) is 10.7. The van der Waals surface area contributed by atoms with E-state index < -0.39 is 66.0 Å². The summed E-state index contributed by atoms with van der Waals surface area (Å²) in [5.74, 6) is 0.405. The molecule has 256 valence electrons. The lowest BCUT2D eigenvalue weighted by Gasteiger charge is -2.66. The third-order valence-corrected chi connectivity index (χ3v) is 13.5. The molecule has 9 heteroatoms. The normalized spacial score (nSPS) is 48.7. The van der Waals surface area contributed by atoms with Gasteiger partial charge in [-0.2, -0.15) is 0 Å². The van der Waals surface area contributed by atoms with Crippen molar-refractivity contribution in [3.63, 3.8) is 0 Å². The Labute approximate surface area is 268 Å². The number of ether oxygens (including phenoxy) is 2. The van der Waals surface area contributed by atoms with Gasteiger partial charge in [-0.1, -0.05) is 58.4 Å². The Kier molecular flexibility index (Phi) is 9.42. The first-order valence-corrected chi connectivity index (χ1v) is 17.1. The lowest BCUT2D eigenvalue weighted by Crippen LogP contribution is -2.66. The zero-order valence-corrected chi connectivity index (χ0v) is 28.2. The van der Waals surface area contributed by atoms with Crippen LogP contribution in [0.3, 0.4) is 0 Å². The molecule has 5 aliphatic rings. The Balaban J connectivity index is 1.58. The molecule has 5 rings (SSSR count). The fourth-order valence-electron chi connectivity index (χ4n) is 10.7. The highest BCUT2D eigenvalue weighted by Crippen LogP contribution is 2.75. The van der Waals surface area contributed by atoms with E-state index >= 15 is 0 Å². The molecule has 4 fully saturated rings. The number of rotatable bonds is 8. The minimum atomic E-state index is -1.57. The van der Waals surface area contributed by atoms with Gasteiger partial charge in [-0.15, -0.1) is 0 Å². The highest BCUT2D eigenvalue weighted by Gasteiger charge is 2.71. The Hall–Kier alpha value is -1.17. The fraction of sp³-hybridized carbons (Fsp3) is 0.861. The summed E-state index contributed by atoms with van der Waals surface area (Å²) < 4.78 is 12.5. The van der Waals surface area contributed by atoms with Gasteiger partial charge in [-0.3, -0.25) is 0 Å². The Bertz CT molecular complexity index is 1160. The topological polar surface area (TPSA) is 157 Å². The average Bonchev–Trinajstić information content (AvgIpc) is 3.25. The standard InChI is InChI=1S/C36H58O9/c1-20(9-8-13-32(2,3)43)21-12-14-35(7)30-24(44-31-29(42)28(41)27(40)25(18-37)45-31)17-23-22(10-11-26(39)33(23,4)5)36(30,19-38)16-15-34(21,35)6/h8,13,17,19-22,24-31,37,39-43H,9-12,14-16,18H2,1-7H3/b13-8+/t20-,21-,22+,24+,25-,26+,27-,28+,29-,30+,31-,34-,35+,36-/m1/s1. The van der Waals surface area contributed by atoms with Crippen LogP contribution in [0, 0.1) is 45.3 Å². The van der Waals surface area contributed by atoms with Crippen LogP contribution in [-0.4, -0.2) is 92.0 Å². The number of aliphatic hydroxyl groups excluding tert-OH is 5. The van der Waals surface area contributed by atoms with Crippen LogP contribution >= 0.6 is 0 Å². The van der Waals surface area contributed by atoms with Crippen LogP contribution in [0.1, 0.15) is 93.4 Å².